The SMILES string of the molecule is CCSc1ccc(C(Cc2cc(C)nn2CC)NC)cc1. The Morgan fingerprint density at radius 2 is 1.95 bits per heavy atom. The molecule has 3 nitrogen and oxygen atoms in total. The summed E-state index contributed by atoms with van der Waals surface area (Å²) in [5.41, 5.74) is 3.72. The first kappa shape index (κ1) is 16.1. The average molecular weight is 303 g/mol. The molecule has 0 amide bonds. The Morgan fingerprint density at radius 1 is 1.24 bits per heavy atom. The minimum absolute atomic E-state index is 0.326. The largest absolute Gasteiger partial charge is 0.313 e. The molecule has 1 aromatic carbocycles. The van der Waals surface area contributed by atoms with Gasteiger partial charge in [-0.05, 0) is 50.4 Å². The summed E-state index contributed by atoms with van der Waals surface area (Å²) in [6, 6.07) is 11.4. The van der Waals surface area contributed by atoms with Crippen molar-refractivity contribution in [3.05, 3.63) is 47.3 Å². The fourth-order valence-electron chi connectivity index (χ4n) is 2.60. The van der Waals surface area contributed by atoms with E-state index in [2.05, 4.69) is 66.2 Å². The first-order valence-corrected chi connectivity index (χ1v) is 8.59. The van der Waals surface area contributed by atoms with E-state index in [1.54, 1.807) is 0 Å². The van der Waals surface area contributed by atoms with Gasteiger partial charge in [0.15, 0.2) is 0 Å². The second kappa shape index (κ2) is 7.66. The number of nitrogens with zero attached hydrogens (tertiary/aromatic N) is 2. The van der Waals surface area contributed by atoms with Crippen molar-refractivity contribution in [2.75, 3.05) is 12.8 Å². The zero-order valence-electron chi connectivity index (χ0n) is 13.4. The highest BCUT2D eigenvalue weighted by atomic mass is 32.2. The normalized spacial score (nSPS) is 12.6. The molecule has 0 saturated carbocycles. The van der Waals surface area contributed by atoms with Gasteiger partial charge in [-0.3, -0.25) is 4.68 Å². The van der Waals surface area contributed by atoms with Gasteiger partial charge >= 0.3 is 0 Å². The topological polar surface area (TPSA) is 29.9 Å². The number of hydrogen-bond acceptors (Lipinski definition) is 3. The van der Waals surface area contributed by atoms with Crippen LogP contribution in [0.25, 0.3) is 0 Å². The molecule has 0 aliphatic heterocycles. The van der Waals surface area contributed by atoms with E-state index < -0.39 is 0 Å². The van der Waals surface area contributed by atoms with Crippen molar-refractivity contribution in [3.8, 4) is 0 Å². The first-order chi connectivity index (χ1) is 10.2. The molecule has 21 heavy (non-hydrogen) atoms. The van der Waals surface area contributed by atoms with Crippen LogP contribution in [0, 0.1) is 6.92 Å². The molecular formula is C17H25N3S. The Kier molecular flexibility index (Phi) is 5.88. The molecule has 4 heteroatoms. The molecule has 0 fully saturated rings. The molecule has 0 aliphatic rings. The smallest absolute Gasteiger partial charge is 0.0596 e. The standard InChI is InChI=1S/C17H25N3S/c1-5-20-15(11-13(3)19-20)12-17(18-4)14-7-9-16(10-8-14)21-6-2/h7-11,17-18H,5-6,12H2,1-4H3. The van der Waals surface area contributed by atoms with E-state index in [-0.39, 0.29) is 0 Å². The maximum absolute atomic E-state index is 4.53. The Labute approximate surface area is 132 Å². The van der Waals surface area contributed by atoms with Crippen molar-refractivity contribution in [2.45, 2.75) is 44.7 Å². The molecule has 0 saturated heterocycles. The van der Waals surface area contributed by atoms with Crippen LogP contribution in [0.15, 0.2) is 35.2 Å². The van der Waals surface area contributed by atoms with Crippen LogP contribution >= 0.6 is 11.8 Å². The Morgan fingerprint density at radius 3 is 2.52 bits per heavy atom. The van der Waals surface area contributed by atoms with Gasteiger partial charge in [0, 0.05) is 29.6 Å². The molecule has 0 aliphatic carbocycles. The Hall–Kier alpha value is -1.26. The average Bonchev–Trinajstić information content (AvgIpc) is 2.86. The summed E-state index contributed by atoms with van der Waals surface area (Å²) in [6.45, 7) is 7.30. The van der Waals surface area contributed by atoms with Gasteiger partial charge in [0.25, 0.3) is 0 Å². The van der Waals surface area contributed by atoms with Crippen LogP contribution in [0.3, 0.4) is 0 Å². The number of rotatable bonds is 7. The van der Waals surface area contributed by atoms with E-state index in [0.29, 0.717) is 6.04 Å². The summed E-state index contributed by atoms with van der Waals surface area (Å²) in [5, 5.41) is 7.97. The van der Waals surface area contributed by atoms with Crippen LogP contribution < -0.4 is 5.32 Å². The van der Waals surface area contributed by atoms with E-state index in [0.717, 1.165) is 24.4 Å². The lowest BCUT2D eigenvalue weighted by Gasteiger charge is -2.17. The van der Waals surface area contributed by atoms with Crippen LogP contribution in [0.1, 0.15) is 36.8 Å². The number of hydrogen-bond donors (Lipinski definition) is 1. The monoisotopic (exact) mass is 303 g/mol. The highest BCUT2D eigenvalue weighted by Crippen LogP contribution is 2.23. The second-order valence-electron chi connectivity index (χ2n) is 5.14. The number of benzene rings is 1. The highest BCUT2D eigenvalue weighted by molar-refractivity contribution is 7.99. The number of nitrogens with one attached hydrogen (secondary N) is 1. The van der Waals surface area contributed by atoms with Crippen molar-refractivity contribution >= 4 is 11.8 Å². The molecule has 0 bridgehead atoms. The summed E-state index contributed by atoms with van der Waals surface area (Å²) >= 11 is 1.88. The minimum Gasteiger partial charge on any atom is -0.313 e. The Balaban J connectivity index is 2.15. The second-order valence-corrected chi connectivity index (χ2v) is 6.48. The van der Waals surface area contributed by atoms with Crippen LogP contribution in [0.2, 0.25) is 0 Å². The van der Waals surface area contributed by atoms with E-state index in [4.69, 9.17) is 0 Å². The van der Waals surface area contributed by atoms with E-state index >= 15 is 0 Å². The highest BCUT2D eigenvalue weighted by Gasteiger charge is 2.13. The van der Waals surface area contributed by atoms with E-state index in [1.807, 2.05) is 18.8 Å². The molecule has 1 heterocycles. The summed E-state index contributed by atoms with van der Waals surface area (Å²) in [4.78, 5) is 1.34. The lowest BCUT2D eigenvalue weighted by Crippen LogP contribution is -2.20. The van der Waals surface area contributed by atoms with Gasteiger partial charge in [-0.2, -0.15) is 5.10 Å². The number of likely N-dealkylation sites (N-methyl/N-ethyl adjacent to an activating group) is 1. The zero-order chi connectivity index (χ0) is 15.2. The fourth-order valence-corrected chi connectivity index (χ4v) is 3.26. The van der Waals surface area contributed by atoms with Crippen molar-refractivity contribution in [2.24, 2.45) is 0 Å². The van der Waals surface area contributed by atoms with Crippen LogP contribution in [-0.4, -0.2) is 22.6 Å². The van der Waals surface area contributed by atoms with Gasteiger partial charge in [0.05, 0.1) is 5.69 Å². The van der Waals surface area contributed by atoms with Crippen molar-refractivity contribution in [3.63, 3.8) is 0 Å². The van der Waals surface area contributed by atoms with Gasteiger partial charge < -0.3 is 5.32 Å². The summed E-state index contributed by atoms with van der Waals surface area (Å²) < 4.78 is 2.10. The zero-order valence-corrected chi connectivity index (χ0v) is 14.2. The maximum atomic E-state index is 4.53. The van der Waals surface area contributed by atoms with Gasteiger partial charge in [-0.15, -0.1) is 11.8 Å². The number of aryl methyl sites for hydroxylation is 2. The predicted molar refractivity (Wildman–Crippen MR) is 91.0 cm³/mol. The Bertz CT molecular complexity index is 560. The molecule has 114 valence electrons. The summed E-state index contributed by atoms with van der Waals surface area (Å²) in [5.74, 6) is 1.11. The molecule has 0 radical (unpaired) electrons. The third-order valence-electron chi connectivity index (χ3n) is 3.64. The van der Waals surface area contributed by atoms with Gasteiger partial charge in [0.2, 0.25) is 0 Å². The minimum atomic E-state index is 0.326. The summed E-state index contributed by atoms with van der Waals surface area (Å²) in [7, 11) is 2.03. The predicted octanol–water partition coefficient (Wildman–Crippen LogP) is 3.83. The molecular weight excluding hydrogens is 278 g/mol. The quantitative estimate of drug-likeness (QED) is 0.789. The molecule has 2 aromatic rings. The van der Waals surface area contributed by atoms with Crippen LogP contribution in [0.4, 0.5) is 0 Å². The molecule has 0 spiro atoms. The van der Waals surface area contributed by atoms with Gasteiger partial charge in [0.1, 0.15) is 0 Å². The molecule has 1 aromatic heterocycles. The molecule has 1 unspecified atom stereocenters. The fraction of sp³-hybridized carbons (Fsp3) is 0.471. The lowest BCUT2D eigenvalue weighted by atomic mass is 10.0. The molecule has 1 atom stereocenters. The molecule has 1 N–H and O–H groups in total. The number of thioether (sulfide) groups is 1. The van der Waals surface area contributed by atoms with Crippen molar-refractivity contribution in [1.82, 2.24) is 15.1 Å². The number of aromatic nitrogens is 2. The van der Waals surface area contributed by atoms with E-state index in [1.165, 1.54) is 16.2 Å². The van der Waals surface area contributed by atoms with Crippen molar-refractivity contribution < 1.29 is 0 Å². The lowest BCUT2D eigenvalue weighted by molar-refractivity contribution is 0.541. The van der Waals surface area contributed by atoms with Crippen molar-refractivity contribution in [1.29, 1.82) is 0 Å². The molecule has 2 rings (SSSR count). The van der Waals surface area contributed by atoms with Gasteiger partial charge in [-0.25, -0.2) is 0 Å². The summed E-state index contributed by atoms with van der Waals surface area (Å²) in [6.07, 6.45) is 0.964. The van der Waals surface area contributed by atoms with Crippen LogP contribution in [-0.2, 0) is 13.0 Å². The maximum Gasteiger partial charge on any atom is 0.0596 e. The van der Waals surface area contributed by atoms with Gasteiger partial charge in [-0.1, -0.05) is 19.1 Å². The third kappa shape index (κ3) is 4.11. The van der Waals surface area contributed by atoms with E-state index in [9.17, 15) is 0 Å². The third-order valence-corrected chi connectivity index (χ3v) is 4.53. The van der Waals surface area contributed by atoms with Crippen LogP contribution in [0.5, 0.6) is 0 Å². The first-order valence-electron chi connectivity index (χ1n) is 7.61.